The highest BCUT2D eigenvalue weighted by Gasteiger charge is 2.20. The minimum atomic E-state index is -1.19. The maximum absolute atomic E-state index is 11.3. The lowest BCUT2D eigenvalue weighted by Gasteiger charge is -2.15. The van der Waals surface area contributed by atoms with Crippen molar-refractivity contribution in [3.63, 3.8) is 0 Å². The van der Waals surface area contributed by atoms with Crippen molar-refractivity contribution < 1.29 is 19.5 Å². The molecule has 0 saturated heterocycles. The average Bonchev–Trinajstić information content (AvgIpc) is 2.20. The Morgan fingerprint density at radius 1 is 1.29 bits per heavy atom. The number of carboxylic acids is 1. The van der Waals surface area contributed by atoms with Crippen molar-refractivity contribution in [2.45, 2.75) is 32.7 Å². The normalized spacial score (nSPS) is 11.9. The molecule has 0 saturated carbocycles. The third-order valence-corrected chi connectivity index (χ3v) is 1.95. The molecule has 0 bridgehead atoms. The second kappa shape index (κ2) is 7.48. The molecular weight excluding hydrogens is 226 g/mol. The Kier molecular flexibility index (Phi) is 6.69. The molecule has 0 aliphatic heterocycles. The van der Waals surface area contributed by atoms with E-state index in [1.807, 2.05) is 13.8 Å². The SMILES string of the molecule is CC(C)CNC(=O)N[C@H](CCC(N)=O)C(=O)O. The van der Waals surface area contributed by atoms with E-state index in [9.17, 15) is 14.4 Å². The smallest absolute Gasteiger partial charge is 0.326 e. The number of nitrogens with two attached hydrogens (primary N) is 1. The summed E-state index contributed by atoms with van der Waals surface area (Å²) in [5.74, 6) is -1.51. The maximum atomic E-state index is 11.3. The summed E-state index contributed by atoms with van der Waals surface area (Å²) in [4.78, 5) is 32.6. The fourth-order valence-corrected chi connectivity index (χ4v) is 1.05. The van der Waals surface area contributed by atoms with Crippen LogP contribution in [0.5, 0.6) is 0 Å². The van der Waals surface area contributed by atoms with Crippen LogP contribution in [0.25, 0.3) is 0 Å². The van der Waals surface area contributed by atoms with E-state index in [1.165, 1.54) is 0 Å². The van der Waals surface area contributed by atoms with Gasteiger partial charge in [-0.15, -0.1) is 0 Å². The van der Waals surface area contributed by atoms with Crippen LogP contribution in [0.3, 0.4) is 0 Å². The zero-order valence-corrected chi connectivity index (χ0v) is 10.0. The first-order valence-corrected chi connectivity index (χ1v) is 5.38. The summed E-state index contributed by atoms with van der Waals surface area (Å²) in [7, 11) is 0. The lowest BCUT2D eigenvalue weighted by molar-refractivity contribution is -0.139. The third-order valence-electron chi connectivity index (χ3n) is 1.95. The number of primary amides is 1. The minimum absolute atomic E-state index is 0.0141. The second-order valence-corrected chi connectivity index (χ2v) is 4.14. The molecule has 0 aromatic heterocycles. The monoisotopic (exact) mass is 245 g/mol. The van der Waals surface area contributed by atoms with Gasteiger partial charge in [-0.3, -0.25) is 4.79 Å². The van der Waals surface area contributed by atoms with Crippen molar-refractivity contribution in [3.8, 4) is 0 Å². The summed E-state index contributed by atoms with van der Waals surface area (Å²) < 4.78 is 0. The van der Waals surface area contributed by atoms with Crippen LogP contribution in [-0.4, -0.2) is 35.6 Å². The Hall–Kier alpha value is -1.79. The van der Waals surface area contributed by atoms with E-state index >= 15 is 0 Å². The third kappa shape index (κ3) is 8.06. The standard InChI is InChI=1S/C10H19N3O4/c1-6(2)5-12-10(17)13-7(9(15)16)3-4-8(11)14/h6-7H,3-5H2,1-2H3,(H2,11,14)(H,15,16)(H2,12,13,17)/t7-/m1/s1. The maximum Gasteiger partial charge on any atom is 0.326 e. The Morgan fingerprint density at radius 3 is 2.29 bits per heavy atom. The first-order valence-electron chi connectivity index (χ1n) is 5.38. The fourth-order valence-electron chi connectivity index (χ4n) is 1.05. The van der Waals surface area contributed by atoms with Gasteiger partial charge in [0, 0.05) is 13.0 Å². The molecule has 98 valence electrons. The number of nitrogens with one attached hydrogen (secondary N) is 2. The number of carbonyl (C=O) groups excluding carboxylic acids is 2. The van der Waals surface area contributed by atoms with Crippen LogP contribution in [0.2, 0.25) is 0 Å². The number of amides is 3. The van der Waals surface area contributed by atoms with Crippen LogP contribution in [0.4, 0.5) is 4.79 Å². The van der Waals surface area contributed by atoms with Crippen LogP contribution in [0.15, 0.2) is 0 Å². The van der Waals surface area contributed by atoms with Crippen molar-refractivity contribution in [2.75, 3.05) is 6.54 Å². The molecule has 1 atom stereocenters. The number of carboxylic acid groups (broad SMARTS) is 1. The predicted molar refractivity (Wildman–Crippen MR) is 61.2 cm³/mol. The van der Waals surface area contributed by atoms with Crippen LogP contribution in [0.1, 0.15) is 26.7 Å². The first kappa shape index (κ1) is 15.2. The zero-order valence-electron chi connectivity index (χ0n) is 10.0. The summed E-state index contributed by atoms with van der Waals surface area (Å²) >= 11 is 0. The van der Waals surface area contributed by atoms with Crippen LogP contribution >= 0.6 is 0 Å². The van der Waals surface area contributed by atoms with Gasteiger partial charge >= 0.3 is 12.0 Å². The molecule has 0 rings (SSSR count). The lowest BCUT2D eigenvalue weighted by Crippen LogP contribution is -2.47. The van der Waals surface area contributed by atoms with Gasteiger partial charge in [0.05, 0.1) is 0 Å². The molecule has 0 spiro atoms. The number of urea groups is 1. The summed E-state index contributed by atoms with van der Waals surface area (Å²) in [5.41, 5.74) is 4.91. The van der Waals surface area contributed by atoms with Gasteiger partial charge in [-0.25, -0.2) is 9.59 Å². The van der Waals surface area contributed by atoms with Crippen molar-refractivity contribution in [2.24, 2.45) is 11.7 Å². The van der Waals surface area contributed by atoms with Crippen molar-refractivity contribution in [3.05, 3.63) is 0 Å². The summed E-state index contributed by atoms with van der Waals surface area (Å²) in [6, 6.07) is -1.66. The molecule has 0 radical (unpaired) electrons. The highest BCUT2D eigenvalue weighted by atomic mass is 16.4. The van der Waals surface area contributed by atoms with E-state index in [-0.39, 0.29) is 18.8 Å². The first-order chi connectivity index (χ1) is 7.82. The molecule has 0 aromatic carbocycles. The van der Waals surface area contributed by atoms with Crippen LogP contribution < -0.4 is 16.4 Å². The van der Waals surface area contributed by atoms with Gasteiger partial charge in [-0.1, -0.05) is 13.8 Å². The Morgan fingerprint density at radius 2 is 1.88 bits per heavy atom. The molecule has 0 unspecified atom stereocenters. The number of carbonyl (C=O) groups is 3. The minimum Gasteiger partial charge on any atom is -0.480 e. The predicted octanol–water partition coefficient (Wildman–Crippen LogP) is -0.340. The molecule has 0 aliphatic carbocycles. The van der Waals surface area contributed by atoms with E-state index in [1.54, 1.807) is 0 Å². The topological polar surface area (TPSA) is 122 Å². The number of hydrogen-bond donors (Lipinski definition) is 4. The fraction of sp³-hybridized carbons (Fsp3) is 0.700. The zero-order chi connectivity index (χ0) is 13.4. The molecule has 5 N–H and O–H groups in total. The van der Waals surface area contributed by atoms with Crippen LogP contribution in [0, 0.1) is 5.92 Å². The number of rotatable bonds is 7. The van der Waals surface area contributed by atoms with Gasteiger partial charge in [-0.05, 0) is 12.3 Å². The Labute approximate surface area is 99.7 Å². The molecule has 0 heterocycles. The largest absolute Gasteiger partial charge is 0.480 e. The van der Waals surface area contributed by atoms with E-state index in [0.29, 0.717) is 6.54 Å². The number of hydrogen-bond acceptors (Lipinski definition) is 3. The quantitative estimate of drug-likeness (QED) is 0.490. The summed E-state index contributed by atoms with van der Waals surface area (Å²) in [5, 5.41) is 13.6. The van der Waals surface area contributed by atoms with Gasteiger partial charge in [0.25, 0.3) is 0 Å². The highest BCUT2D eigenvalue weighted by molar-refractivity contribution is 5.83. The van der Waals surface area contributed by atoms with E-state index in [0.717, 1.165) is 0 Å². The molecular formula is C10H19N3O4. The Bertz CT molecular complexity index is 291. The van der Waals surface area contributed by atoms with Crippen molar-refractivity contribution in [1.82, 2.24) is 10.6 Å². The molecule has 17 heavy (non-hydrogen) atoms. The molecule has 3 amide bonds. The molecule has 0 fully saturated rings. The average molecular weight is 245 g/mol. The summed E-state index contributed by atoms with van der Waals surface area (Å²) in [6.07, 6.45) is -0.0960. The lowest BCUT2D eigenvalue weighted by atomic mass is 10.1. The van der Waals surface area contributed by atoms with E-state index < -0.39 is 23.9 Å². The molecule has 7 heteroatoms. The van der Waals surface area contributed by atoms with Crippen molar-refractivity contribution >= 4 is 17.9 Å². The van der Waals surface area contributed by atoms with Crippen LogP contribution in [-0.2, 0) is 9.59 Å². The highest BCUT2D eigenvalue weighted by Crippen LogP contribution is 1.97. The number of aliphatic carboxylic acids is 1. The van der Waals surface area contributed by atoms with Gasteiger partial charge in [0.15, 0.2) is 0 Å². The van der Waals surface area contributed by atoms with Gasteiger partial charge < -0.3 is 21.5 Å². The van der Waals surface area contributed by atoms with E-state index in [2.05, 4.69) is 10.6 Å². The van der Waals surface area contributed by atoms with Gasteiger partial charge in [0.1, 0.15) is 6.04 Å². The van der Waals surface area contributed by atoms with Gasteiger partial charge in [-0.2, -0.15) is 0 Å². The summed E-state index contributed by atoms with van der Waals surface area (Å²) in [6.45, 7) is 4.29. The van der Waals surface area contributed by atoms with Gasteiger partial charge in [0.2, 0.25) is 5.91 Å². The molecule has 0 aliphatic rings. The second-order valence-electron chi connectivity index (χ2n) is 4.14. The van der Waals surface area contributed by atoms with Crippen molar-refractivity contribution in [1.29, 1.82) is 0 Å². The Balaban J connectivity index is 4.11. The van der Waals surface area contributed by atoms with E-state index in [4.69, 9.17) is 10.8 Å². The molecule has 0 aromatic rings. The molecule has 7 nitrogen and oxygen atoms in total.